The Labute approximate surface area is 124 Å². The van der Waals surface area contributed by atoms with Crippen LogP contribution >= 0.6 is 0 Å². The lowest BCUT2D eigenvalue weighted by atomic mass is 9.76. The number of nitrogens with zero attached hydrogens (tertiary/aromatic N) is 4. The average molecular weight is 283 g/mol. The predicted molar refractivity (Wildman–Crippen MR) is 80.7 cm³/mol. The van der Waals surface area contributed by atoms with Crippen molar-refractivity contribution < 1.29 is 0 Å². The minimum absolute atomic E-state index is 0.0750. The molecule has 2 aromatic rings. The summed E-state index contributed by atoms with van der Waals surface area (Å²) < 4.78 is 2.15. The summed E-state index contributed by atoms with van der Waals surface area (Å²) in [5.41, 5.74) is 9.26. The maximum Gasteiger partial charge on any atom is 0.147 e. The fraction of sp³-hybridized carbons (Fsp3) is 0.500. The molecule has 2 heterocycles. The minimum Gasteiger partial charge on any atom is -0.329 e. The third kappa shape index (κ3) is 2.08. The summed E-state index contributed by atoms with van der Waals surface area (Å²) in [6, 6.07) is 8.78. The number of aromatic nitrogens is 3. The van der Waals surface area contributed by atoms with Crippen molar-refractivity contribution in [3.63, 3.8) is 0 Å². The molecule has 2 aliphatic rings. The second-order valence-corrected chi connectivity index (χ2v) is 6.24. The molecule has 110 valence electrons. The third-order valence-corrected chi connectivity index (χ3v) is 5.19. The van der Waals surface area contributed by atoms with Crippen LogP contribution in [-0.2, 0) is 25.9 Å². The van der Waals surface area contributed by atoms with Gasteiger partial charge in [0.25, 0.3) is 0 Å². The first-order valence-electron chi connectivity index (χ1n) is 7.69. The van der Waals surface area contributed by atoms with Crippen molar-refractivity contribution >= 4 is 0 Å². The molecule has 1 aliphatic heterocycles. The van der Waals surface area contributed by atoms with E-state index in [1.807, 2.05) is 6.33 Å². The van der Waals surface area contributed by atoms with E-state index in [-0.39, 0.29) is 5.54 Å². The Kier molecular flexibility index (Phi) is 3.05. The number of rotatable bonds is 2. The van der Waals surface area contributed by atoms with Crippen molar-refractivity contribution in [1.29, 1.82) is 0 Å². The molecule has 2 N–H and O–H groups in total. The zero-order valence-electron chi connectivity index (χ0n) is 12.2. The molecule has 5 nitrogen and oxygen atoms in total. The van der Waals surface area contributed by atoms with Gasteiger partial charge in [-0.2, -0.15) is 0 Å². The predicted octanol–water partition coefficient (Wildman–Crippen LogP) is 0.980. The molecule has 0 radical (unpaired) electrons. The van der Waals surface area contributed by atoms with Crippen LogP contribution in [0.2, 0.25) is 0 Å². The molecule has 5 heteroatoms. The van der Waals surface area contributed by atoms with Crippen molar-refractivity contribution in [2.45, 2.75) is 37.9 Å². The lowest BCUT2D eigenvalue weighted by Gasteiger charge is -2.47. The van der Waals surface area contributed by atoms with E-state index in [0.29, 0.717) is 6.54 Å². The van der Waals surface area contributed by atoms with E-state index in [4.69, 9.17) is 5.73 Å². The lowest BCUT2D eigenvalue weighted by molar-refractivity contribution is 0.0508. The molecule has 1 aliphatic carbocycles. The van der Waals surface area contributed by atoms with Crippen molar-refractivity contribution in [3.8, 4) is 0 Å². The fourth-order valence-electron chi connectivity index (χ4n) is 3.83. The Hall–Kier alpha value is -1.72. The van der Waals surface area contributed by atoms with Crippen molar-refractivity contribution in [1.82, 2.24) is 19.7 Å². The molecule has 0 fully saturated rings. The smallest absolute Gasteiger partial charge is 0.147 e. The monoisotopic (exact) mass is 283 g/mol. The van der Waals surface area contributed by atoms with Crippen LogP contribution in [-0.4, -0.2) is 38.3 Å². The summed E-state index contributed by atoms with van der Waals surface area (Å²) in [6.07, 6.45) is 5.14. The van der Waals surface area contributed by atoms with Crippen molar-refractivity contribution in [3.05, 3.63) is 47.5 Å². The molecule has 0 saturated carbocycles. The van der Waals surface area contributed by atoms with E-state index in [1.165, 1.54) is 11.1 Å². The summed E-state index contributed by atoms with van der Waals surface area (Å²) >= 11 is 0. The normalized spacial score (nSPS) is 25.4. The zero-order valence-corrected chi connectivity index (χ0v) is 12.2. The number of aryl methyl sites for hydroxylation is 1. The Bertz CT molecular complexity index is 650. The Balaban J connectivity index is 1.64. The topological polar surface area (TPSA) is 60.0 Å². The van der Waals surface area contributed by atoms with Crippen LogP contribution in [0, 0.1) is 0 Å². The summed E-state index contributed by atoms with van der Waals surface area (Å²) in [5, 5.41) is 8.26. The van der Waals surface area contributed by atoms with E-state index in [0.717, 1.165) is 44.7 Å². The molecule has 0 saturated heterocycles. The lowest BCUT2D eigenvalue weighted by Crippen LogP contribution is -2.58. The van der Waals surface area contributed by atoms with E-state index < -0.39 is 0 Å². The summed E-state index contributed by atoms with van der Waals surface area (Å²) in [6.45, 7) is 3.56. The highest BCUT2D eigenvalue weighted by molar-refractivity contribution is 5.32. The van der Waals surface area contributed by atoms with E-state index in [9.17, 15) is 0 Å². The van der Waals surface area contributed by atoms with E-state index >= 15 is 0 Å². The minimum atomic E-state index is 0.0750. The molecular formula is C16H21N5. The molecule has 1 unspecified atom stereocenters. The van der Waals surface area contributed by atoms with E-state index in [2.05, 4.69) is 43.9 Å². The Morgan fingerprint density at radius 1 is 1.19 bits per heavy atom. The molecule has 0 amide bonds. The van der Waals surface area contributed by atoms with Crippen LogP contribution in [0.5, 0.6) is 0 Å². The maximum atomic E-state index is 6.24. The van der Waals surface area contributed by atoms with Gasteiger partial charge in [0, 0.05) is 25.2 Å². The van der Waals surface area contributed by atoms with E-state index in [1.54, 1.807) is 0 Å². The maximum absolute atomic E-state index is 6.24. The summed E-state index contributed by atoms with van der Waals surface area (Å²) in [5.74, 6) is 1.06. The van der Waals surface area contributed by atoms with Gasteiger partial charge >= 0.3 is 0 Å². The van der Waals surface area contributed by atoms with Gasteiger partial charge in [0.05, 0.1) is 6.54 Å². The summed E-state index contributed by atoms with van der Waals surface area (Å²) in [7, 11) is 0. The van der Waals surface area contributed by atoms with Crippen molar-refractivity contribution in [2.75, 3.05) is 13.1 Å². The van der Waals surface area contributed by atoms with Gasteiger partial charge in [0.1, 0.15) is 12.2 Å². The molecule has 0 bridgehead atoms. The van der Waals surface area contributed by atoms with Gasteiger partial charge in [0.15, 0.2) is 0 Å². The first kappa shape index (κ1) is 13.0. The fourth-order valence-corrected chi connectivity index (χ4v) is 3.83. The Morgan fingerprint density at radius 2 is 2.05 bits per heavy atom. The van der Waals surface area contributed by atoms with Crippen LogP contribution in [0.15, 0.2) is 30.6 Å². The number of fused-ring (bicyclic) bond motifs is 2. The van der Waals surface area contributed by atoms with Gasteiger partial charge in [-0.15, -0.1) is 10.2 Å². The SMILES string of the molecule is NCC1(N2CCn3cnnc3C2)CCc2ccccc2C1. The van der Waals surface area contributed by atoms with Crippen LogP contribution in [0.4, 0.5) is 0 Å². The van der Waals surface area contributed by atoms with Crippen LogP contribution in [0.25, 0.3) is 0 Å². The second-order valence-electron chi connectivity index (χ2n) is 6.24. The van der Waals surface area contributed by atoms with Gasteiger partial charge in [-0.3, -0.25) is 4.90 Å². The molecule has 1 aromatic heterocycles. The number of benzene rings is 1. The van der Waals surface area contributed by atoms with Crippen molar-refractivity contribution in [2.24, 2.45) is 5.73 Å². The quantitative estimate of drug-likeness (QED) is 0.892. The van der Waals surface area contributed by atoms with Crippen LogP contribution < -0.4 is 5.73 Å². The molecule has 1 aromatic carbocycles. The Morgan fingerprint density at radius 3 is 2.90 bits per heavy atom. The highest BCUT2D eigenvalue weighted by Gasteiger charge is 2.40. The van der Waals surface area contributed by atoms with Gasteiger partial charge in [-0.25, -0.2) is 0 Å². The zero-order chi connectivity index (χ0) is 14.3. The molecular weight excluding hydrogens is 262 g/mol. The molecule has 21 heavy (non-hydrogen) atoms. The summed E-state index contributed by atoms with van der Waals surface area (Å²) in [4.78, 5) is 2.53. The first-order valence-corrected chi connectivity index (χ1v) is 7.69. The molecule has 0 spiro atoms. The van der Waals surface area contributed by atoms with Crippen LogP contribution in [0.1, 0.15) is 23.4 Å². The average Bonchev–Trinajstić information content (AvgIpc) is 3.02. The van der Waals surface area contributed by atoms with Gasteiger partial charge in [-0.1, -0.05) is 24.3 Å². The largest absolute Gasteiger partial charge is 0.329 e. The first-order chi connectivity index (χ1) is 10.3. The number of hydrogen-bond acceptors (Lipinski definition) is 4. The highest BCUT2D eigenvalue weighted by Crippen LogP contribution is 2.34. The molecule has 1 atom stereocenters. The highest BCUT2D eigenvalue weighted by atomic mass is 15.3. The van der Waals surface area contributed by atoms with Crippen LogP contribution in [0.3, 0.4) is 0 Å². The van der Waals surface area contributed by atoms with Gasteiger partial charge < -0.3 is 10.3 Å². The van der Waals surface area contributed by atoms with Gasteiger partial charge in [0.2, 0.25) is 0 Å². The second kappa shape index (κ2) is 4.93. The third-order valence-electron chi connectivity index (χ3n) is 5.19. The number of hydrogen-bond donors (Lipinski definition) is 1. The van der Waals surface area contributed by atoms with Gasteiger partial charge in [-0.05, 0) is 30.4 Å². The standard InChI is InChI=1S/C16H21N5/c17-11-16(6-5-13-3-1-2-4-14(13)9-16)21-8-7-20-12-18-19-15(20)10-21/h1-4,12H,5-11,17H2. The molecule has 4 rings (SSSR count). The number of nitrogens with two attached hydrogens (primary N) is 1.